The summed E-state index contributed by atoms with van der Waals surface area (Å²) in [7, 11) is 0. The zero-order valence-corrected chi connectivity index (χ0v) is 11.5. The Morgan fingerprint density at radius 2 is 1.95 bits per heavy atom. The summed E-state index contributed by atoms with van der Waals surface area (Å²) < 4.78 is 0. The zero-order valence-electron chi connectivity index (χ0n) is 11.5. The lowest BCUT2D eigenvalue weighted by molar-refractivity contribution is -0.120. The summed E-state index contributed by atoms with van der Waals surface area (Å²) in [5, 5.41) is 12.6. The van der Waals surface area contributed by atoms with Gasteiger partial charge in [-0.25, -0.2) is 0 Å². The number of pyridine rings is 1. The molecule has 20 heavy (non-hydrogen) atoms. The van der Waals surface area contributed by atoms with Crippen LogP contribution in [-0.2, 0) is 11.2 Å². The van der Waals surface area contributed by atoms with E-state index >= 15 is 0 Å². The molecule has 1 aromatic heterocycles. The molecular weight excluding hydrogens is 252 g/mol. The maximum atomic E-state index is 11.8. The molecule has 4 heteroatoms. The number of rotatable bonds is 7. The molecule has 0 atom stereocenters. The first-order valence-electron chi connectivity index (χ1n) is 7.02. The summed E-state index contributed by atoms with van der Waals surface area (Å²) in [6, 6.07) is 11.8. The molecule has 0 spiro atoms. The second kappa shape index (κ2) is 7.60. The largest absolute Gasteiger partial charge is 0.396 e. The van der Waals surface area contributed by atoms with E-state index in [0.29, 0.717) is 13.0 Å². The predicted octanol–water partition coefficient (Wildman–Crippen LogP) is 2.06. The number of para-hydroxylation sites is 1. The van der Waals surface area contributed by atoms with E-state index in [1.165, 1.54) is 0 Å². The van der Waals surface area contributed by atoms with E-state index in [4.69, 9.17) is 5.11 Å². The highest BCUT2D eigenvalue weighted by atomic mass is 16.2. The molecule has 0 aliphatic carbocycles. The fourth-order valence-electron chi connectivity index (χ4n) is 2.08. The van der Waals surface area contributed by atoms with Gasteiger partial charge in [0, 0.05) is 18.5 Å². The molecule has 0 fully saturated rings. The normalized spacial score (nSPS) is 10.7. The van der Waals surface area contributed by atoms with E-state index in [1.807, 2.05) is 36.4 Å². The van der Waals surface area contributed by atoms with Gasteiger partial charge in [-0.15, -0.1) is 0 Å². The molecule has 0 unspecified atom stereocenters. The van der Waals surface area contributed by atoms with Crippen molar-refractivity contribution in [3.05, 3.63) is 42.1 Å². The third kappa shape index (κ3) is 4.31. The number of nitrogens with one attached hydrogen (secondary N) is 1. The smallest absolute Gasteiger partial charge is 0.226 e. The number of hydrogen-bond acceptors (Lipinski definition) is 3. The van der Waals surface area contributed by atoms with Crippen molar-refractivity contribution < 1.29 is 9.90 Å². The predicted molar refractivity (Wildman–Crippen MR) is 79.4 cm³/mol. The number of unbranched alkanes of at least 4 members (excludes halogenated alkanes) is 2. The van der Waals surface area contributed by atoms with Gasteiger partial charge in [0.05, 0.1) is 17.6 Å². The van der Waals surface area contributed by atoms with E-state index in [-0.39, 0.29) is 12.5 Å². The minimum atomic E-state index is -0.00298. The lowest BCUT2D eigenvalue weighted by Crippen LogP contribution is -2.26. The lowest BCUT2D eigenvalue weighted by atomic mass is 10.2. The summed E-state index contributed by atoms with van der Waals surface area (Å²) in [5.41, 5.74) is 1.71. The highest BCUT2D eigenvalue weighted by Crippen LogP contribution is 2.11. The van der Waals surface area contributed by atoms with Gasteiger partial charge < -0.3 is 10.4 Å². The topological polar surface area (TPSA) is 62.2 Å². The van der Waals surface area contributed by atoms with Gasteiger partial charge >= 0.3 is 0 Å². The van der Waals surface area contributed by atoms with E-state index in [1.54, 1.807) is 0 Å². The molecule has 106 valence electrons. The summed E-state index contributed by atoms with van der Waals surface area (Å²) in [4.78, 5) is 16.3. The number of hydrogen-bond donors (Lipinski definition) is 2. The van der Waals surface area contributed by atoms with Crippen molar-refractivity contribution >= 4 is 16.8 Å². The Morgan fingerprint density at radius 1 is 1.10 bits per heavy atom. The molecule has 2 N–H and O–H groups in total. The van der Waals surface area contributed by atoms with Crippen LogP contribution in [0.5, 0.6) is 0 Å². The molecule has 0 aliphatic heterocycles. The van der Waals surface area contributed by atoms with Gasteiger partial charge in [-0.3, -0.25) is 9.78 Å². The summed E-state index contributed by atoms with van der Waals surface area (Å²) in [6.45, 7) is 0.876. The Balaban J connectivity index is 1.83. The lowest BCUT2D eigenvalue weighted by Gasteiger charge is -2.05. The van der Waals surface area contributed by atoms with Crippen molar-refractivity contribution in [3.63, 3.8) is 0 Å². The first-order chi connectivity index (χ1) is 9.79. The average molecular weight is 272 g/mol. The molecule has 0 bridgehead atoms. The number of nitrogens with zero attached hydrogens (tertiary/aromatic N) is 1. The van der Waals surface area contributed by atoms with Gasteiger partial charge in [0.15, 0.2) is 0 Å². The second-order valence-electron chi connectivity index (χ2n) is 4.81. The minimum absolute atomic E-state index is 0.00298. The van der Waals surface area contributed by atoms with Crippen molar-refractivity contribution in [1.82, 2.24) is 10.3 Å². The minimum Gasteiger partial charge on any atom is -0.396 e. The van der Waals surface area contributed by atoms with Crippen LogP contribution in [0.25, 0.3) is 10.9 Å². The molecular formula is C16H20N2O2. The Bertz CT molecular complexity index is 569. The maximum absolute atomic E-state index is 11.8. The fourth-order valence-corrected chi connectivity index (χ4v) is 2.08. The van der Waals surface area contributed by atoms with Crippen molar-refractivity contribution in [1.29, 1.82) is 0 Å². The van der Waals surface area contributed by atoms with Gasteiger partial charge in [-0.05, 0) is 31.4 Å². The quantitative estimate of drug-likeness (QED) is 0.758. The highest BCUT2D eigenvalue weighted by molar-refractivity contribution is 5.81. The van der Waals surface area contributed by atoms with Crippen LogP contribution in [0.15, 0.2) is 36.4 Å². The average Bonchev–Trinajstić information content (AvgIpc) is 2.47. The summed E-state index contributed by atoms with van der Waals surface area (Å²) in [5.74, 6) is -0.00298. The Hall–Kier alpha value is -1.94. The van der Waals surface area contributed by atoms with Gasteiger partial charge in [0.2, 0.25) is 5.91 Å². The van der Waals surface area contributed by atoms with Crippen molar-refractivity contribution in [3.8, 4) is 0 Å². The van der Waals surface area contributed by atoms with E-state index < -0.39 is 0 Å². The Labute approximate surface area is 118 Å². The molecule has 1 amide bonds. The number of amides is 1. The molecule has 4 nitrogen and oxygen atoms in total. The molecule has 0 aliphatic rings. The number of benzene rings is 1. The SMILES string of the molecule is O=C(Cc1ccc2ccccc2n1)NCCCCCO. The Kier molecular flexibility index (Phi) is 5.50. The van der Waals surface area contributed by atoms with Crippen molar-refractivity contribution in [2.45, 2.75) is 25.7 Å². The second-order valence-corrected chi connectivity index (χ2v) is 4.81. The third-order valence-corrected chi connectivity index (χ3v) is 3.15. The van der Waals surface area contributed by atoms with E-state index in [9.17, 15) is 4.79 Å². The van der Waals surface area contributed by atoms with E-state index in [2.05, 4.69) is 10.3 Å². The van der Waals surface area contributed by atoms with Crippen LogP contribution < -0.4 is 5.32 Å². The molecule has 1 heterocycles. The number of aliphatic hydroxyl groups excluding tert-OH is 1. The molecule has 1 aromatic carbocycles. The molecule has 2 aromatic rings. The zero-order chi connectivity index (χ0) is 14.2. The molecule has 0 saturated heterocycles. The summed E-state index contributed by atoms with van der Waals surface area (Å²) in [6.07, 6.45) is 2.94. The Morgan fingerprint density at radius 3 is 2.80 bits per heavy atom. The van der Waals surface area contributed by atoms with Gasteiger partial charge in [-0.2, -0.15) is 0 Å². The highest BCUT2D eigenvalue weighted by Gasteiger charge is 2.04. The molecule has 2 rings (SSSR count). The summed E-state index contributed by atoms with van der Waals surface area (Å²) >= 11 is 0. The van der Waals surface area contributed by atoms with Crippen LogP contribution in [0.3, 0.4) is 0 Å². The van der Waals surface area contributed by atoms with Crippen molar-refractivity contribution in [2.75, 3.05) is 13.2 Å². The first-order valence-corrected chi connectivity index (χ1v) is 7.02. The van der Waals surface area contributed by atoms with Crippen LogP contribution in [0.4, 0.5) is 0 Å². The first kappa shape index (κ1) is 14.5. The monoisotopic (exact) mass is 272 g/mol. The van der Waals surface area contributed by atoms with Crippen LogP contribution in [0.1, 0.15) is 25.0 Å². The standard InChI is InChI=1S/C16H20N2O2/c19-11-5-1-4-10-17-16(20)12-14-9-8-13-6-2-3-7-15(13)18-14/h2-3,6-9,19H,1,4-5,10-12H2,(H,17,20). The van der Waals surface area contributed by atoms with Gasteiger partial charge in [-0.1, -0.05) is 24.3 Å². The number of aromatic nitrogens is 1. The number of fused-ring (bicyclic) bond motifs is 1. The van der Waals surface area contributed by atoms with Crippen LogP contribution in [0.2, 0.25) is 0 Å². The van der Waals surface area contributed by atoms with Gasteiger partial charge in [0.25, 0.3) is 0 Å². The van der Waals surface area contributed by atoms with Crippen molar-refractivity contribution in [2.24, 2.45) is 0 Å². The van der Waals surface area contributed by atoms with E-state index in [0.717, 1.165) is 35.9 Å². The molecule has 0 saturated carbocycles. The third-order valence-electron chi connectivity index (χ3n) is 3.15. The maximum Gasteiger partial charge on any atom is 0.226 e. The van der Waals surface area contributed by atoms with Crippen LogP contribution >= 0.6 is 0 Å². The number of carbonyl (C=O) groups excluding carboxylic acids is 1. The van der Waals surface area contributed by atoms with Crippen LogP contribution in [0, 0.1) is 0 Å². The fraction of sp³-hybridized carbons (Fsp3) is 0.375. The number of carbonyl (C=O) groups is 1. The van der Waals surface area contributed by atoms with Gasteiger partial charge in [0.1, 0.15) is 0 Å². The number of aliphatic hydroxyl groups is 1. The van der Waals surface area contributed by atoms with Crippen LogP contribution in [-0.4, -0.2) is 29.1 Å². The molecule has 0 radical (unpaired) electrons.